The standard InChI is InChI=1S/C20H23ClN2O3/c1-13(17-12-16(21)9-10-18(17)23(2)3)22-19(24)11-14-5-7-15(8-6-14)20(25)26-4/h5-10,12-13H,11H2,1-4H3,(H,22,24). The third kappa shape index (κ3) is 4.99. The van der Waals surface area contributed by atoms with E-state index in [-0.39, 0.29) is 18.4 Å². The lowest BCUT2D eigenvalue weighted by Gasteiger charge is -2.23. The van der Waals surface area contributed by atoms with Gasteiger partial charge in [0.15, 0.2) is 0 Å². The van der Waals surface area contributed by atoms with E-state index in [0.717, 1.165) is 16.8 Å². The number of carbonyl (C=O) groups is 2. The molecule has 6 heteroatoms. The predicted molar refractivity (Wildman–Crippen MR) is 104 cm³/mol. The van der Waals surface area contributed by atoms with E-state index < -0.39 is 5.97 Å². The van der Waals surface area contributed by atoms with E-state index in [1.807, 2.05) is 44.1 Å². The Hall–Kier alpha value is -2.53. The highest BCUT2D eigenvalue weighted by Gasteiger charge is 2.16. The number of hydrogen-bond donors (Lipinski definition) is 1. The van der Waals surface area contributed by atoms with Crippen LogP contribution in [0.2, 0.25) is 5.02 Å². The Bertz CT molecular complexity index is 788. The van der Waals surface area contributed by atoms with Crippen LogP contribution in [-0.4, -0.2) is 33.1 Å². The summed E-state index contributed by atoms with van der Waals surface area (Å²) in [5.74, 6) is -0.500. The number of nitrogens with one attached hydrogen (secondary N) is 1. The van der Waals surface area contributed by atoms with E-state index in [1.165, 1.54) is 7.11 Å². The van der Waals surface area contributed by atoms with Crippen molar-refractivity contribution in [3.05, 3.63) is 64.2 Å². The average Bonchev–Trinajstić information content (AvgIpc) is 2.61. The van der Waals surface area contributed by atoms with Gasteiger partial charge in [0, 0.05) is 24.8 Å². The van der Waals surface area contributed by atoms with Crippen molar-refractivity contribution in [2.45, 2.75) is 19.4 Å². The van der Waals surface area contributed by atoms with Gasteiger partial charge in [0.05, 0.1) is 25.1 Å². The van der Waals surface area contributed by atoms with Crippen LogP contribution in [0, 0.1) is 0 Å². The predicted octanol–water partition coefficient (Wildman–Crippen LogP) is 3.61. The van der Waals surface area contributed by atoms with E-state index in [1.54, 1.807) is 24.3 Å². The lowest BCUT2D eigenvalue weighted by atomic mass is 10.0. The zero-order valence-electron chi connectivity index (χ0n) is 15.4. The summed E-state index contributed by atoms with van der Waals surface area (Å²) < 4.78 is 4.67. The number of ether oxygens (including phenoxy) is 1. The minimum Gasteiger partial charge on any atom is -0.465 e. The van der Waals surface area contributed by atoms with Crippen LogP contribution in [-0.2, 0) is 16.0 Å². The van der Waals surface area contributed by atoms with E-state index in [9.17, 15) is 9.59 Å². The summed E-state index contributed by atoms with van der Waals surface area (Å²) in [7, 11) is 5.23. The van der Waals surface area contributed by atoms with E-state index in [2.05, 4.69) is 10.1 Å². The fraction of sp³-hybridized carbons (Fsp3) is 0.300. The minimum absolute atomic E-state index is 0.104. The number of hydrogen-bond acceptors (Lipinski definition) is 4. The van der Waals surface area contributed by atoms with Gasteiger partial charge < -0.3 is 15.0 Å². The Morgan fingerprint density at radius 1 is 1.15 bits per heavy atom. The monoisotopic (exact) mass is 374 g/mol. The lowest BCUT2D eigenvalue weighted by molar-refractivity contribution is -0.121. The molecule has 2 rings (SSSR count). The molecular formula is C20H23ClN2O3. The second-order valence-electron chi connectivity index (χ2n) is 6.25. The van der Waals surface area contributed by atoms with Crippen molar-refractivity contribution in [1.29, 1.82) is 0 Å². The molecule has 26 heavy (non-hydrogen) atoms. The molecule has 0 radical (unpaired) electrons. The molecule has 5 nitrogen and oxygen atoms in total. The highest BCUT2D eigenvalue weighted by atomic mass is 35.5. The first-order valence-corrected chi connectivity index (χ1v) is 8.63. The maximum Gasteiger partial charge on any atom is 0.337 e. The zero-order valence-corrected chi connectivity index (χ0v) is 16.1. The molecule has 0 saturated carbocycles. The summed E-state index contributed by atoms with van der Waals surface area (Å²) in [6.07, 6.45) is 0.226. The smallest absolute Gasteiger partial charge is 0.337 e. The maximum atomic E-state index is 12.4. The fourth-order valence-corrected chi connectivity index (χ4v) is 2.89. The van der Waals surface area contributed by atoms with Crippen LogP contribution >= 0.6 is 11.6 Å². The molecular weight excluding hydrogens is 352 g/mol. The topological polar surface area (TPSA) is 58.6 Å². The van der Waals surface area contributed by atoms with Crippen LogP contribution < -0.4 is 10.2 Å². The van der Waals surface area contributed by atoms with Crippen LogP contribution in [0.4, 0.5) is 5.69 Å². The van der Waals surface area contributed by atoms with Gasteiger partial charge in [-0.1, -0.05) is 23.7 Å². The quantitative estimate of drug-likeness (QED) is 0.785. The Labute approximate surface area is 158 Å². The number of halogens is 1. The van der Waals surface area contributed by atoms with Crippen LogP contribution in [0.3, 0.4) is 0 Å². The molecule has 1 unspecified atom stereocenters. The number of anilines is 1. The summed E-state index contributed by atoms with van der Waals surface area (Å²) in [5, 5.41) is 3.63. The molecule has 1 amide bonds. The third-order valence-corrected chi connectivity index (χ3v) is 4.29. The van der Waals surface area contributed by atoms with Gasteiger partial charge in [-0.15, -0.1) is 0 Å². The molecule has 1 N–H and O–H groups in total. The average molecular weight is 375 g/mol. The van der Waals surface area contributed by atoms with Crippen molar-refractivity contribution in [2.24, 2.45) is 0 Å². The molecule has 0 aliphatic rings. The molecule has 2 aromatic rings. The summed E-state index contributed by atoms with van der Waals surface area (Å²) in [4.78, 5) is 25.8. The second kappa shape index (κ2) is 8.72. The largest absolute Gasteiger partial charge is 0.465 e. The number of carbonyl (C=O) groups excluding carboxylic acids is 2. The molecule has 1 atom stereocenters. The van der Waals surface area contributed by atoms with Gasteiger partial charge in [-0.3, -0.25) is 4.79 Å². The molecule has 2 aromatic carbocycles. The van der Waals surface area contributed by atoms with Gasteiger partial charge in [0.25, 0.3) is 0 Å². The van der Waals surface area contributed by atoms with Gasteiger partial charge in [-0.25, -0.2) is 4.79 Å². The molecule has 0 aromatic heterocycles. The number of esters is 1. The number of methoxy groups -OCH3 is 1. The van der Waals surface area contributed by atoms with Crippen LogP contribution in [0.5, 0.6) is 0 Å². The SMILES string of the molecule is COC(=O)c1ccc(CC(=O)NC(C)c2cc(Cl)ccc2N(C)C)cc1. The number of amides is 1. The van der Waals surface area contributed by atoms with Crippen LogP contribution in [0.1, 0.15) is 34.5 Å². The van der Waals surface area contributed by atoms with Crippen molar-refractivity contribution in [1.82, 2.24) is 5.32 Å². The lowest BCUT2D eigenvalue weighted by Crippen LogP contribution is -2.29. The van der Waals surface area contributed by atoms with Crippen molar-refractivity contribution in [3.63, 3.8) is 0 Å². The van der Waals surface area contributed by atoms with Gasteiger partial charge in [-0.05, 0) is 48.4 Å². The Morgan fingerprint density at radius 2 is 1.81 bits per heavy atom. The number of nitrogens with zero attached hydrogens (tertiary/aromatic N) is 1. The summed E-state index contributed by atoms with van der Waals surface area (Å²) in [6.45, 7) is 1.93. The van der Waals surface area contributed by atoms with Crippen molar-refractivity contribution in [2.75, 3.05) is 26.1 Å². The van der Waals surface area contributed by atoms with Crippen molar-refractivity contribution >= 4 is 29.2 Å². The van der Waals surface area contributed by atoms with Gasteiger partial charge in [0.1, 0.15) is 0 Å². The summed E-state index contributed by atoms with van der Waals surface area (Å²) in [6, 6.07) is 12.3. The van der Waals surface area contributed by atoms with E-state index >= 15 is 0 Å². The van der Waals surface area contributed by atoms with Gasteiger partial charge in [-0.2, -0.15) is 0 Å². The normalized spacial score (nSPS) is 11.6. The van der Waals surface area contributed by atoms with E-state index in [0.29, 0.717) is 10.6 Å². The zero-order chi connectivity index (χ0) is 19.3. The summed E-state index contributed by atoms with van der Waals surface area (Å²) >= 11 is 6.12. The molecule has 138 valence electrons. The minimum atomic E-state index is -0.396. The van der Waals surface area contributed by atoms with E-state index in [4.69, 9.17) is 11.6 Å². The Morgan fingerprint density at radius 3 is 2.38 bits per heavy atom. The van der Waals surface area contributed by atoms with Crippen molar-refractivity contribution < 1.29 is 14.3 Å². The van der Waals surface area contributed by atoms with Gasteiger partial charge >= 0.3 is 5.97 Å². The second-order valence-corrected chi connectivity index (χ2v) is 6.69. The Balaban J connectivity index is 2.06. The van der Waals surface area contributed by atoms with Gasteiger partial charge in [0.2, 0.25) is 5.91 Å². The fourth-order valence-electron chi connectivity index (χ4n) is 2.71. The molecule has 0 aliphatic heterocycles. The third-order valence-electron chi connectivity index (χ3n) is 4.06. The first-order chi connectivity index (χ1) is 12.3. The molecule has 0 bridgehead atoms. The van der Waals surface area contributed by atoms with Crippen LogP contribution in [0.25, 0.3) is 0 Å². The van der Waals surface area contributed by atoms with Crippen molar-refractivity contribution in [3.8, 4) is 0 Å². The Kier molecular flexibility index (Phi) is 6.64. The highest BCUT2D eigenvalue weighted by Crippen LogP contribution is 2.28. The molecule has 0 aliphatic carbocycles. The number of benzene rings is 2. The highest BCUT2D eigenvalue weighted by molar-refractivity contribution is 6.30. The molecule has 0 spiro atoms. The summed E-state index contributed by atoms with van der Waals surface area (Å²) in [5.41, 5.74) is 3.24. The maximum absolute atomic E-state index is 12.4. The first-order valence-electron chi connectivity index (χ1n) is 8.25. The molecule has 0 saturated heterocycles. The van der Waals surface area contributed by atoms with Crippen LogP contribution in [0.15, 0.2) is 42.5 Å². The first kappa shape index (κ1) is 19.8. The molecule has 0 heterocycles. The molecule has 0 fully saturated rings. The number of rotatable bonds is 6.